The van der Waals surface area contributed by atoms with E-state index in [0.717, 1.165) is 0 Å². The highest BCUT2D eigenvalue weighted by molar-refractivity contribution is 7.41. The molecule has 0 aromatic rings. The van der Waals surface area contributed by atoms with Crippen LogP contribution in [0.4, 0.5) is 0 Å². The first-order valence-corrected chi connectivity index (χ1v) is 3.92. The Labute approximate surface area is 48.4 Å². The third kappa shape index (κ3) is 3.10. The lowest BCUT2D eigenvalue weighted by Gasteiger charge is -1.96. The summed E-state index contributed by atoms with van der Waals surface area (Å²) in [6.45, 7) is 1.77. The highest BCUT2D eigenvalue weighted by atomic mass is 35.5. The van der Waals surface area contributed by atoms with Crippen LogP contribution in [0.1, 0.15) is 13.3 Å². The van der Waals surface area contributed by atoms with Gasteiger partial charge in [-0.25, -0.2) is 0 Å². The van der Waals surface area contributed by atoms with Crippen molar-refractivity contribution in [1.82, 2.24) is 0 Å². The van der Waals surface area contributed by atoms with Gasteiger partial charge in [-0.2, -0.15) is 0 Å². The van der Waals surface area contributed by atoms with Crippen LogP contribution in [0, 0.1) is 0 Å². The van der Waals surface area contributed by atoms with E-state index in [1.807, 2.05) is 0 Å². The molecule has 0 saturated carbocycles. The zero-order valence-electron chi connectivity index (χ0n) is 4.02. The van der Waals surface area contributed by atoms with Crippen LogP contribution in [0.2, 0.25) is 0 Å². The molecule has 0 aliphatic carbocycles. The second-order valence-corrected chi connectivity index (χ2v) is 3.48. The molecule has 0 spiro atoms. The molecule has 1 N–H and O–H groups in total. The fourth-order valence-electron chi connectivity index (χ4n) is 0.175. The van der Waals surface area contributed by atoms with Crippen LogP contribution in [0.15, 0.2) is 0 Å². The van der Waals surface area contributed by atoms with Crippen molar-refractivity contribution in [3.8, 4) is 0 Å². The van der Waals surface area contributed by atoms with E-state index in [9.17, 15) is 4.57 Å². The molecule has 4 heteroatoms. The summed E-state index contributed by atoms with van der Waals surface area (Å²) in [5, 5.41) is -0.523. The maximum absolute atomic E-state index is 9.98. The Morgan fingerprint density at radius 3 is 2.43 bits per heavy atom. The van der Waals surface area contributed by atoms with Gasteiger partial charge in [-0.15, -0.1) is 11.6 Å². The van der Waals surface area contributed by atoms with Gasteiger partial charge in [0.2, 0.25) is 8.03 Å². The lowest BCUT2D eigenvalue weighted by Crippen LogP contribution is -1.84. The van der Waals surface area contributed by atoms with Crippen LogP contribution in [-0.2, 0) is 4.57 Å². The number of hydrogen-bond acceptors (Lipinski definition) is 1. The van der Waals surface area contributed by atoms with Gasteiger partial charge < -0.3 is 4.89 Å². The molecule has 0 aliphatic heterocycles. The van der Waals surface area contributed by atoms with Crippen LogP contribution in [0.5, 0.6) is 0 Å². The summed E-state index contributed by atoms with van der Waals surface area (Å²) in [4.78, 5) is 8.24. The molecule has 0 bridgehead atoms. The minimum atomic E-state index is -2.45. The van der Waals surface area contributed by atoms with Crippen LogP contribution in [0.25, 0.3) is 0 Å². The first-order chi connectivity index (χ1) is 3.18. The topological polar surface area (TPSA) is 37.3 Å². The highest BCUT2D eigenvalue weighted by Gasteiger charge is 2.04. The van der Waals surface area contributed by atoms with Crippen molar-refractivity contribution in [2.24, 2.45) is 0 Å². The van der Waals surface area contributed by atoms with E-state index in [1.54, 1.807) is 6.92 Å². The molecule has 0 amide bonds. The number of rotatable bonds is 2. The molecule has 7 heavy (non-hydrogen) atoms. The molecule has 2 nitrogen and oxygen atoms in total. The first-order valence-electron chi connectivity index (χ1n) is 2.05. The third-order valence-corrected chi connectivity index (χ3v) is 2.44. The van der Waals surface area contributed by atoms with Crippen molar-refractivity contribution in [2.45, 2.75) is 18.5 Å². The predicted octanol–water partition coefficient (Wildman–Crippen LogP) is 1.43. The molecule has 0 radical (unpaired) electrons. The lowest BCUT2D eigenvalue weighted by atomic mass is 10.6. The van der Waals surface area contributed by atoms with E-state index in [4.69, 9.17) is 16.5 Å². The van der Waals surface area contributed by atoms with Gasteiger partial charge in [0.25, 0.3) is 0 Å². The average molecular weight is 143 g/mol. The quantitative estimate of drug-likeness (QED) is 0.468. The largest absolute Gasteiger partial charge is 0.345 e. The number of halogens is 1. The van der Waals surface area contributed by atoms with Crippen LogP contribution in [0.3, 0.4) is 0 Å². The van der Waals surface area contributed by atoms with Gasteiger partial charge in [-0.05, 0) is 6.42 Å². The van der Waals surface area contributed by atoms with Gasteiger partial charge in [0.05, 0.1) is 0 Å². The molecule has 44 valence electrons. The third-order valence-electron chi connectivity index (χ3n) is 0.626. The van der Waals surface area contributed by atoms with Crippen molar-refractivity contribution in [3.63, 3.8) is 0 Å². The van der Waals surface area contributed by atoms with Gasteiger partial charge in [0.1, 0.15) is 5.12 Å². The Kier molecular flexibility index (Phi) is 3.72. The minimum absolute atomic E-state index is 0.523. The Morgan fingerprint density at radius 1 is 2.00 bits per heavy atom. The maximum Gasteiger partial charge on any atom is 0.206 e. The summed E-state index contributed by atoms with van der Waals surface area (Å²) in [7, 11) is -2.45. The summed E-state index contributed by atoms with van der Waals surface area (Å²) in [6.07, 6.45) is 0.565. The molecule has 0 aromatic heterocycles. The lowest BCUT2D eigenvalue weighted by molar-refractivity contribution is 0.498. The Bertz CT molecular complexity index is 75.3. The molecule has 2 unspecified atom stereocenters. The summed E-state index contributed by atoms with van der Waals surface area (Å²) < 4.78 is 9.98. The monoisotopic (exact) mass is 142 g/mol. The van der Waals surface area contributed by atoms with Crippen LogP contribution in [-0.4, -0.2) is 10.0 Å². The second kappa shape index (κ2) is 3.48. The molecular formula is C3H8ClO2P. The first kappa shape index (κ1) is 7.48. The second-order valence-electron chi connectivity index (χ2n) is 1.21. The van der Waals surface area contributed by atoms with Crippen molar-refractivity contribution >= 4 is 19.6 Å². The normalized spacial score (nSPS) is 18.7. The molecule has 0 aromatic carbocycles. The van der Waals surface area contributed by atoms with E-state index in [2.05, 4.69) is 0 Å². The van der Waals surface area contributed by atoms with Crippen LogP contribution >= 0.6 is 19.6 Å². The molecular weight excluding hydrogens is 134 g/mol. The molecule has 0 aliphatic rings. The smallest absolute Gasteiger partial charge is 0.206 e. The summed E-state index contributed by atoms with van der Waals surface area (Å²) >= 11 is 5.28. The van der Waals surface area contributed by atoms with Gasteiger partial charge in [-0.3, -0.25) is 4.57 Å². The predicted molar refractivity (Wildman–Crippen MR) is 31.2 cm³/mol. The van der Waals surface area contributed by atoms with Crippen molar-refractivity contribution in [3.05, 3.63) is 0 Å². The summed E-state index contributed by atoms with van der Waals surface area (Å²) in [5.41, 5.74) is 0. The van der Waals surface area contributed by atoms with Gasteiger partial charge in [0, 0.05) is 0 Å². The van der Waals surface area contributed by atoms with E-state index in [1.165, 1.54) is 0 Å². The summed E-state index contributed by atoms with van der Waals surface area (Å²) in [5.74, 6) is 0. The van der Waals surface area contributed by atoms with Crippen LogP contribution < -0.4 is 0 Å². The zero-order valence-corrected chi connectivity index (χ0v) is 5.77. The fourth-order valence-corrected chi connectivity index (χ4v) is 0.524. The standard InChI is InChI=1S/C3H8ClO2P/c1-2-3(4)7(5)6/h3,7H,2H2,1H3,(H,5,6). The minimum Gasteiger partial charge on any atom is -0.345 e. The van der Waals surface area contributed by atoms with E-state index < -0.39 is 13.1 Å². The number of alkyl halides is 1. The van der Waals surface area contributed by atoms with Gasteiger partial charge in [-0.1, -0.05) is 6.92 Å². The zero-order chi connectivity index (χ0) is 5.86. The van der Waals surface area contributed by atoms with Crippen molar-refractivity contribution < 1.29 is 9.46 Å². The summed E-state index contributed by atoms with van der Waals surface area (Å²) in [6, 6.07) is 0. The van der Waals surface area contributed by atoms with Gasteiger partial charge in [0.15, 0.2) is 0 Å². The molecule has 0 saturated heterocycles. The molecule has 2 atom stereocenters. The highest BCUT2D eigenvalue weighted by Crippen LogP contribution is 2.27. The van der Waals surface area contributed by atoms with Gasteiger partial charge >= 0.3 is 0 Å². The molecule has 0 fully saturated rings. The molecule has 0 heterocycles. The number of hydrogen-bond donors (Lipinski definition) is 1. The van der Waals surface area contributed by atoms with Crippen molar-refractivity contribution in [1.29, 1.82) is 0 Å². The fraction of sp³-hybridized carbons (Fsp3) is 1.00. The SMILES string of the molecule is CCC(Cl)[PH](=O)O. The van der Waals surface area contributed by atoms with E-state index in [-0.39, 0.29) is 0 Å². The van der Waals surface area contributed by atoms with E-state index >= 15 is 0 Å². The van der Waals surface area contributed by atoms with Crippen molar-refractivity contribution in [2.75, 3.05) is 0 Å². The van der Waals surface area contributed by atoms with E-state index in [0.29, 0.717) is 6.42 Å². The average Bonchev–Trinajstić information content (AvgIpc) is 1.65. The molecule has 0 rings (SSSR count). The Balaban J connectivity index is 3.34. The Hall–Kier alpha value is 0.480. The Morgan fingerprint density at radius 2 is 2.43 bits per heavy atom. The maximum atomic E-state index is 9.98.